The lowest BCUT2D eigenvalue weighted by molar-refractivity contribution is -0.162. The van der Waals surface area contributed by atoms with E-state index >= 15 is 0 Å². The minimum Gasteiger partial charge on any atom is -0.480 e. The highest BCUT2D eigenvalue weighted by atomic mass is 35.5. The van der Waals surface area contributed by atoms with Crippen molar-refractivity contribution in [2.75, 3.05) is 20.3 Å². The quantitative estimate of drug-likeness (QED) is 0.617. The zero-order valence-corrected chi connectivity index (χ0v) is 12.1. The van der Waals surface area contributed by atoms with Crippen LogP contribution in [-0.4, -0.2) is 37.4 Å². The maximum atomic E-state index is 12.2. The Kier molecular flexibility index (Phi) is 5.98. The van der Waals surface area contributed by atoms with E-state index in [-0.39, 0.29) is 25.2 Å². The molecular formula is C14H17ClO5. The number of halogens is 1. The number of ether oxygens (including phenoxy) is 2. The molecular weight excluding hydrogens is 284 g/mol. The Hall–Kier alpha value is -1.59. The van der Waals surface area contributed by atoms with E-state index in [0.29, 0.717) is 5.02 Å². The van der Waals surface area contributed by atoms with Crippen molar-refractivity contribution in [3.8, 4) is 0 Å². The molecule has 20 heavy (non-hydrogen) atoms. The van der Waals surface area contributed by atoms with E-state index in [1.165, 1.54) is 13.2 Å². The molecule has 1 N–H and O–H groups in total. The third-order valence-electron chi connectivity index (χ3n) is 2.99. The first-order valence-electron chi connectivity index (χ1n) is 6.14. The first-order valence-corrected chi connectivity index (χ1v) is 6.52. The molecule has 0 heterocycles. The Bertz CT molecular complexity index is 488. The second kappa shape index (κ2) is 7.26. The molecule has 0 spiro atoms. The molecule has 1 aromatic carbocycles. The average Bonchev–Trinajstić information content (AvgIpc) is 2.39. The van der Waals surface area contributed by atoms with Gasteiger partial charge in [0.25, 0.3) is 0 Å². The van der Waals surface area contributed by atoms with Gasteiger partial charge in [-0.1, -0.05) is 23.7 Å². The van der Waals surface area contributed by atoms with E-state index in [9.17, 15) is 14.7 Å². The SMILES string of the molecule is CCOC(=O)C(CCOC)(C(=O)O)c1cccc(Cl)c1. The summed E-state index contributed by atoms with van der Waals surface area (Å²) >= 11 is 5.90. The van der Waals surface area contributed by atoms with Gasteiger partial charge in [0, 0.05) is 25.2 Å². The highest BCUT2D eigenvalue weighted by molar-refractivity contribution is 6.30. The summed E-state index contributed by atoms with van der Waals surface area (Å²) in [5.41, 5.74) is -1.52. The minimum absolute atomic E-state index is 0.0298. The van der Waals surface area contributed by atoms with Gasteiger partial charge in [0.2, 0.25) is 0 Å². The zero-order chi connectivity index (χ0) is 15.2. The van der Waals surface area contributed by atoms with Gasteiger partial charge in [-0.2, -0.15) is 0 Å². The van der Waals surface area contributed by atoms with Crippen LogP contribution in [-0.2, 0) is 24.5 Å². The van der Waals surface area contributed by atoms with Gasteiger partial charge in [-0.25, -0.2) is 0 Å². The molecule has 0 saturated heterocycles. The van der Waals surface area contributed by atoms with Gasteiger partial charge in [0.05, 0.1) is 6.61 Å². The normalized spacial score (nSPS) is 13.6. The number of benzene rings is 1. The van der Waals surface area contributed by atoms with Crippen molar-refractivity contribution < 1.29 is 24.2 Å². The minimum atomic E-state index is -1.81. The van der Waals surface area contributed by atoms with Crippen LogP contribution in [0.1, 0.15) is 18.9 Å². The van der Waals surface area contributed by atoms with Crippen LogP contribution in [0.5, 0.6) is 0 Å². The summed E-state index contributed by atoms with van der Waals surface area (Å²) < 4.78 is 9.87. The van der Waals surface area contributed by atoms with Crippen LogP contribution < -0.4 is 0 Å². The molecule has 5 nitrogen and oxygen atoms in total. The monoisotopic (exact) mass is 300 g/mol. The lowest BCUT2D eigenvalue weighted by Gasteiger charge is -2.27. The lowest BCUT2D eigenvalue weighted by atomic mass is 9.77. The van der Waals surface area contributed by atoms with Crippen molar-refractivity contribution in [3.05, 3.63) is 34.9 Å². The van der Waals surface area contributed by atoms with Crippen LogP contribution in [0.25, 0.3) is 0 Å². The number of esters is 1. The van der Waals surface area contributed by atoms with Gasteiger partial charge >= 0.3 is 11.9 Å². The molecule has 0 fully saturated rings. The number of methoxy groups -OCH3 is 1. The molecule has 0 amide bonds. The van der Waals surface area contributed by atoms with Crippen molar-refractivity contribution in [1.29, 1.82) is 0 Å². The molecule has 0 aliphatic heterocycles. The van der Waals surface area contributed by atoms with E-state index in [2.05, 4.69) is 0 Å². The number of rotatable bonds is 7. The maximum Gasteiger partial charge on any atom is 0.328 e. The molecule has 6 heteroatoms. The van der Waals surface area contributed by atoms with E-state index in [1.54, 1.807) is 25.1 Å². The number of hydrogen-bond donors (Lipinski definition) is 1. The van der Waals surface area contributed by atoms with Gasteiger partial charge in [-0.05, 0) is 24.6 Å². The second-order valence-corrected chi connectivity index (χ2v) is 4.62. The van der Waals surface area contributed by atoms with E-state index in [1.807, 2.05) is 0 Å². The van der Waals surface area contributed by atoms with Crippen molar-refractivity contribution in [2.24, 2.45) is 0 Å². The topological polar surface area (TPSA) is 72.8 Å². The Labute approximate surface area is 122 Å². The molecule has 1 aromatic rings. The third-order valence-corrected chi connectivity index (χ3v) is 3.22. The molecule has 1 unspecified atom stereocenters. The van der Waals surface area contributed by atoms with Gasteiger partial charge < -0.3 is 14.6 Å². The van der Waals surface area contributed by atoms with Crippen LogP contribution in [0.2, 0.25) is 5.02 Å². The highest BCUT2D eigenvalue weighted by Crippen LogP contribution is 2.32. The fourth-order valence-corrected chi connectivity index (χ4v) is 2.14. The third kappa shape index (κ3) is 3.29. The molecule has 0 aliphatic carbocycles. The summed E-state index contributed by atoms with van der Waals surface area (Å²) in [5, 5.41) is 9.95. The second-order valence-electron chi connectivity index (χ2n) is 4.18. The number of carboxylic acid groups (broad SMARTS) is 1. The van der Waals surface area contributed by atoms with Crippen molar-refractivity contribution >= 4 is 23.5 Å². The smallest absolute Gasteiger partial charge is 0.328 e. The van der Waals surface area contributed by atoms with E-state index < -0.39 is 17.4 Å². The summed E-state index contributed by atoms with van der Waals surface area (Å²) in [7, 11) is 1.44. The summed E-state index contributed by atoms with van der Waals surface area (Å²) in [5.74, 6) is -2.10. The number of carbonyl (C=O) groups excluding carboxylic acids is 1. The lowest BCUT2D eigenvalue weighted by Crippen LogP contribution is -2.46. The summed E-state index contributed by atoms with van der Waals surface area (Å²) in [6.07, 6.45) is -0.0298. The fourth-order valence-electron chi connectivity index (χ4n) is 1.95. The van der Waals surface area contributed by atoms with Crippen LogP contribution in [0.4, 0.5) is 0 Å². The molecule has 0 aromatic heterocycles. The molecule has 0 radical (unpaired) electrons. The first kappa shape index (κ1) is 16.5. The molecule has 0 bridgehead atoms. The number of carbonyl (C=O) groups is 2. The summed E-state index contributed by atoms with van der Waals surface area (Å²) in [6.45, 7) is 1.83. The first-order chi connectivity index (χ1) is 9.48. The molecule has 1 rings (SSSR count). The Morgan fingerprint density at radius 1 is 1.40 bits per heavy atom. The predicted molar refractivity (Wildman–Crippen MR) is 73.9 cm³/mol. The number of aliphatic carboxylic acids is 1. The maximum absolute atomic E-state index is 12.2. The molecule has 110 valence electrons. The van der Waals surface area contributed by atoms with Gasteiger partial charge in [-0.15, -0.1) is 0 Å². The van der Waals surface area contributed by atoms with Crippen molar-refractivity contribution in [3.63, 3.8) is 0 Å². The molecule has 0 saturated carbocycles. The van der Waals surface area contributed by atoms with Crippen molar-refractivity contribution in [2.45, 2.75) is 18.8 Å². The van der Waals surface area contributed by atoms with Crippen LogP contribution >= 0.6 is 11.6 Å². The predicted octanol–water partition coefficient (Wildman–Crippen LogP) is 2.26. The fraction of sp³-hybridized carbons (Fsp3) is 0.429. The Balaban J connectivity index is 3.36. The van der Waals surface area contributed by atoms with Crippen molar-refractivity contribution in [1.82, 2.24) is 0 Å². The molecule has 1 atom stereocenters. The Morgan fingerprint density at radius 3 is 2.60 bits per heavy atom. The summed E-state index contributed by atoms with van der Waals surface area (Å²) in [6, 6.07) is 6.22. The highest BCUT2D eigenvalue weighted by Gasteiger charge is 2.49. The Morgan fingerprint density at radius 2 is 2.10 bits per heavy atom. The zero-order valence-electron chi connectivity index (χ0n) is 11.4. The van der Waals surface area contributed by atoms with E-state index in [0.717, 1.165) is 0 Å². The molecule has 0 aliphatic rings. The standard InChI is InChI=1S/C14H17ClO5/c1-3-20-13(18)14(12(16)17,7-8-19-2)10-5-4-6-11(15)9-10/h4-6,9H,3,7-8H2,1-2H3,(H,16,17). The van der Waals surface area contributed by atoms with Gasteiger partial charge in [-0.3, -0.25) is 9.59 Å². The van der Waals surface area contributed by atoms with Crippen LogP contribution in [0.3, 0.4) is 0 Å². The van der Waals surface area contributed by atoms with Gasteiger partial charge in [0.1, 0.15) is 0 Å². The average molecular weight is 301 g/mol. The largest absolute Gasteiger partial charge is 0.480 e. The van der Waals surface area contributed by atoms with Crippen LogP contribution in [0, 0.1) is 0 Å². The van der Waals surface area contributed by atoms with Gasteiger partial charge in [0.15, 0.2) is 5.41 Å². The van der Waals surface area contributed by atoms with Crippen LogP contribution in [0.15, 0.2) is 24.3 Å². The number of hydrogen-bond acceptors (Lipinski definition) is 4. The number of carboxylic acids is 1. The summed E-state index contributed by atoms with van der Waals surface area (Å²) in [4.78, 5) is 24.0. The van der Waals surface area contributed by atoms with E-state index in [4.69, 9.17) is 21.1 Å².